The van der Waals surface area contributed by atoms with Gasteiger partial charge in [0.25, 0.3) is 0 Å². The van der Waals surface area contributed by atoms with Gasteiger partial charge in [-0.05, 0) is 0 Å². The number of ether oxygens (including phenoxy) is 2. The van der Waals surface area contributed by atoms with Gasteiger partial charge in [-0.2, -0.15) is 13.2 Å². The predicted molar refractivity (Wildman–Crippen MR) is 41.2 cm³/mol. The largest absolute Gasteiger partial charge is 0.397 e. The topological polar surface area (TPSA) is 18.5 Å². The second kappa shape index (κ2) is 5.66. The maximum Gasteiger partial charge on any atom is 0.397 e. The fraction of sp³-hybridized carbons (Fsp3) is 1.00. The third-order valence-electron chi connectivity index (χ3n) is 1.05. The van der Waals surface area contributed by atoms with Crippen LogP contribution in [0.4, 0.5) is 13.2 Å². The minimum absolute atomic E-state index is 0.187. The third kappa shape index (κ3) is 6.75. The van der Waals surface area contributed by atoms with Crippen LogP contribution in [0.3, 0.4) is 0 Å². The Labute approximate surface area is 73.4 Å². The average Bonchev–Trinajstić information content (AvgIpc) is 1.96. The van der Waals surface area contributed by atoms with Crippen LogP contribution in [0.2, 0.25) is 0 Å². The van der Waals surface area contributed by atoms with Crippen LogP contribution < -0.4 is 0 Å². The normalized spacial score (nSPS) is 12.5. The Bertz CT molecular complexity index is 114. The van der Waals surface area contributed by atoms with Crippen molar-refractivity contribution in [2.45, 2.75) is 12.5 Å². The molecule has 0 saturated carbocycles. The molecule has 0 atom stereocenters. The molecule has 2 nitrogen and oxygen atoms in total. The summed E-state index contributed by atoms with van der Waals surface area (Å²) in [7, 11) is 2.78. The minimum Gasteiger partial charge on any atom is -0.355 e. The third-order valence-corrected chi connectivity index (χ3v) is 2.08. The van der Waals surface area contributed by atoms with Crippen molar-refractivity contribution in [2.24, 2.45) is 0 Å². The average molecular weight is 204 g/mol. The van der Waals surface area contributed by atoms with Crippen molar-refractivity contribution in [3.63, 3.8) is 0 Å². The summed E-state index contributed by atoms with van der Waals surface area (Å²) in [6, 6.07) is 0. The molecule has 0 aliphatic rings. The molecule has 12 heavy (non-hydrogen) atoms. The Hall–Kier alpha value is 0.0600. The highest BCUT2D eigenvalue weighted by atomic mass is 32.2. The number of methoxy groups -OCH3 is 2. The molecule has 0 aromatic heterocycles. The van der Waals surface area contributed by atoms with E-state index in [-0.39, 0.29) is 5.75 Å². The first-order valence-corrected chi connectivity index (χ1v) is 4.35. The molecule has 0 saturated heterocycles. The quantitative estimate of drug-likeness (QED) is 0.637. The standard InChI is InChI=1S/C6H11F3O2S/c1-10-5(11-2)3-12-4-6(7,8)9/h5H,3-4H2,1-2H3. The lowest BCUT2D eigenvalue weighted by Crippen LogP contribution is -2.19. The molecule has 0 N–H and O–H groups in total. The minimum atomic E-state index is -4.11. The fourth-order valence-electron chi connectivity index (χ4n) is 0.503. The van der Waals surface area contributed by atoms with E-state index in [1.165, 1.54) is 14.2 Å². The van der Waals surface area contributed by atoms with E-state index in [4.69, 9.17) is 9.47 Å². The van der Waals surface area contributed by atoms with E-state index in [9.17, 15) is 13.2 Å². The highest BCUT2D eigenvalue weighted by Crippen LogP contribution is 2.21. The van der Waals surface area contributed by atoms with Crippen LogP contribution in [0.1, 0.15) is 0 Å². The molecule has 0 aliphatic carbocycles. The van der Waals surface area contributed by atoms with Gasteiger partial charge in [0.2, 0.25) is 0 Å². The molecular formula is C6H11F3O2S. The molecule has 0 fully saturated rings. The molecule has 6 heteroatoms. The zero-order chi connectivity index (χ0) is 9.61. The summed E-state index contributed by atoms with van der Waals surface area (Å²) in [5.41, 5.74) is 0. The Morgan fingerprint density at radius 3 is 2.08 bits per heavy atom. The molecule has 0 spiro atoms. The molecule has 0 rings (SSSR count). The van der Waals surface area contributed by atoms with Crippen LogP contribution in [0, 0.1) is 0 Å². The lowest BCUT2D eigenvalue weighted by molar-refractivity contribution is -0.105. The number of thioether (sulfide) groups is 1. The van der Waals surface area contributed by atoms with E-state index in [0.717, 1.165) is 11.8 Å². The molecule has 0 aromatic rings. The molecule has 0 bridgehead atoms. The number of alkyl halides is 3. The van der Waals surface area contributed by atoms with Crippen molar-refractivity contribution < 1.29 is 22.6 Å². The summed E-state index contributed by atoms with van der Waals surface area (Å²) in [5.74, 6) is -0.678. The van der Waals surface area contributed by atoms with Crippen molar-refractivity contribution in [3.8, 4) is 0 Å². The first-order chi connectivity index (χ1) is 5.49. The summed E-state index contributed by atoms with van der Waals surface area (Å²) >= 11 is 0.742. The highest BCUT2D eigenvalue weighted by molar-refractivity contribution is 7.99. The van der Waals surface area contributed by atoms with Gasteiger partial charge in [0.05, 0.1) is 5.75 Å². The first kappa shape index (κ1) is 12.1. The van der Waals surface area contributed by atoms with E-state index in [0.29, 0.717) is 0 Å². The van der Waals surface area contributed by atoms with Gasteiger partial charge in [-0.25, -0.2) is 0 Å². The van der Waals surface area contributed by atoms with Crippen LogP contribution in [-0.4, -0.2) is 38.2 Å². The number of halogens is 3. The van der Waals surface area contributed by atoms with Gasteiger partial charge in [0, 0.05) is 20.0 Å². The summed E-state index contributed by atoms with van der Waals surface area (Å²) in [4.78, 5) is 0. The first-order valence-electron chi connectivity index (χ1n) is 3.19. The van der Waals surface area contributed by atoms with Gasteiger partial charge in [0.1, 0.15) is 0 Å². The summed E-state index contributed by atoms with van der Waals surface area (Å²) < 4.78 is 44.2. The maximum atomic E-state index is 11.6. The van der Waals surface area contributed by atoms with Gasteiger partial charge in [-0.15, -0.1) is 11.8 Å². The van der Waals surface area contributed by atoms with Crippen molar-refractivity contribution >= 4 is 11.8 Å². The Kier molecular flexibility index (Phi) is 5.69. The number of hydrogen-bond donors (Lipinski definition) is 0. The molecule has 0 heterocycles. The number of hydrogen-bond acceptors (Lipinski definition) is 3. The molecular weight excluding hydrogens is 193 g/mol. The van der Waals surface area contributed by atoms with Gasteiger partial charge in [0.15, 0.2) is 6.29 Å². The summed E-state index contributed by atoms with van der Waals surface area (Å²) in [6.07, 6.45) is -4.67. The molecule has 0 radical (unpaired) electrons. The van der Waals surface area contributed by atoms with Crippen LogP contribution >= 0.6 is 11.8 Å². The van der Waals surface area contributed by atoms with Gasteiger partial charge < -0.3 is 9.47 Å². The van der Waals surface area contributed by atoms with Crippen molar-refractivity contribution in [1.82, 2.24) is 0 Å². The van der Waals surface area contributed by atoms with Crippen molar-refractivity contribution in [3.05, 3.63) is 0 Å². The number of rotatable bonds is 5. The Morgan fingerprint density at radius 1 is 1.25 bits per heavy atom. The molecule has 0 aliphatic heterocycles. The van der Waals surface area contributed by atoms with Crippen molar-refractivity contribution in [2.75, 3.05) is 25.7 Å². The van der Waals surface area contributed by atoms with E-state index >= 15 is 0 Å². The van der Waals surface area contributed by atoms with Crippen LogP contribution in [0.5, 0.6) is 0 Å². The van der Waals surface area contributed by atoms with Crippen LogP contribution in [0.25, 0.3) is 0 Å². The van der Waals surface area contributed by atoms with Crippen molar-refractivity contribution in [1.29, 1.82) is 0 Å². The second-order valence-electron chi connectivity index (χ2n) is 2.03. The van der Waals surface area contributed by atoms with E-state index in [1.54, 1.807) is 0 Å². The molecule has 0 amide bonds. The lowest BCUT2D eigenvalue weighted by atomic mass is 10.7. The Morgan fingerprint density at radius 2 is 1.75 bits per heavy atom. The van der Waals surface area contributed by atoms with Gasteiger partial charge in [-0.3, -0.25) is 0 Å². The molecule has 0 unspecified atom stereocenters. The van der Waals surface area contributed by atoms with Crippen LogP contribution in [-0.2, 0) is 9.47 Å². The molecule has 0 aromatic carbocycles. The van der Waals surface area contributed by atoms with E-state index in [1.807, 2.05) is 0 Å². The maximum absolute atomic E-state index is 11.6. The van der Waals surface area contributed by atoms with Gasteiger partial charge in [-0.1, -0.05) is 0 Å². The SMILES string of the molecule is COC(CSCC(F)(F)F)OC. The zero-order valence-electron chi connectivity index (χ0n) is 6.85. The summed E-state index contributed by atoms with van der Waals surface area (Å²) in [5, 5.41) is 0. The van der Waals surface area contributed by atoms with E-state index in [2.05, 4.69) is 0 Å². The molecule has 74 valence electrons. The van der Waals surface area contributed by atoms with E-state index < -0.39 is 18.2 Å². The highest BCUT2D eigenvalue weighted by Gasteiger charge is 2.27. The fourth-order valence-corrected chi connectivity index (χ4v) is 1.32. The smallest absolute Gasteiger partial charge is 0.355 e. The second-order valence-corrected chi connectivity index (χ2v) is 3.06. The monoisotopic (exact) mass is 204 g/mol. The zero-order valence-corrected chi connectivity index (χ0v) is 7.67. The predicted octanol–water partition coefficient (Wildman–Crippen LogP) is 1.90. The van der Waals surface area contributed by atoms with Crippen LogP contribution in [0.15, 0.2) is 0 Å². The lowest BCUT2D eigenvalue weighted by Gasteiger charge is -2.13. The van der Waals surface area contributed by atoms with Gasteiger partial charge >= 0.3 is 6.18 Å². The Balaban J connectivity index is 3.41. The summed E-state index contributed by atoms with van der Waals surface area (Å²) in [6.45, 7) is 0.